The van der Waals surface area contributed by atoms with Gasteiger partial charge in [0.15, 0.2) is 0 Å². The summed E-state index contributed by atoms with van der Waals surface area (Å²) >= 11 is 0. The summed E-state index contributed by atoms with van der Waals surface area (Å²) in [5, 5.41) is 15.3. The van der Waals surface area contributed by atoms with Crippen molar-refractivity contribution in [2.24, 2.45) is 17.8 Å². The molecule has 2 bridgehead atoms. The van der Waals surface area contributed by atoms with E-state index in [0.717, 1.165) is 0 Å². The first-order valence-electron chi connectivity index (χ1n) is 6.29. The lowest BCUT2D eigenvalue weighted by Crippen LogP contribution is -2.50. The third kappa shape index (κ3) is 2.17. The van der Waals surface area contributed by atoms with Crippen molar-refractivity contribution in [3.63, 3.8) is 0 Å². The van der Waals surface area contributed by atoms with Crippen LogP contribution in [0, 0.1) is 17.8 Å². The van der Waals surface area contributed by atoms with Crippen LogP contribution in [0.2, 0.25) is 0 Å². The molecule has 0 radical (unpaired) electrons. The molecule has 4 nitrogen and oxygen atoms in total. The van der Waals surface area contributed by atoms with Crippen molar-refractivity contribution in [1.29, 1.82) is 0 Å². The van der Waals surface area contributed by atoms with Crippen molar-refractivity contribution in [3.8, 4) is 0 Å². The summed E-state index contributed by atoms with van der Waals surface area (Å²) in [6, 6.07) is 0.250. The monoisotopic (exact) mass is 226 g/mol. The molecule has 0 aromatic heterocycles. The van der Waals surface area contributed by atoms with E-state index in [9.17, 15) is 9.90 Å². The molecule has 0 saturated heterocycles. The van der Waals surface area contributed by atoms with Crippen LogP contribution < -0.4 is 10.6 Å². The molecule has 2 saturated carbocycles. The van der Waals surface area contributed by atoms with Crippen LogP contribution in [0.5, 0.6) is 0 Å². The maximum absolute atomic E-state index is 11.6. The number of hydrogen-bond donors (Lipinski definition) is 3. The molecule has 2 aliphatic carbocycles. The Morgan fingerprint density at radius 1 is 1.38 bits per heavy atom. The molecular weight excluding hydrogens is 204 g/mol. The molecule has 16 heavy (non-hydrogen) atoms. The van der Waals surface area contributed by atoms with Crippen LogP contribution in [0.3, 0.4) is 0 Å². The maximum Gasteiger partial charge on any atom is 0.315 e. The lowest BCUT2D eigenvalue weighted by Gasteiger charge is -2.30. The van der Waals surface area contributed by atoms with E-state index in [4.69, 9.17) is 0 Å². The van der Waals surface area contributed by atoms with Crippen molar-refractivity contribution >= 4 is 6.03 Å². The number of aliphatic hydroxyl groups excluding tert-OH is 1. The fourth-order valence-electron chi connectivity index (χ4n) is 3.35. The van der Waals surface area contributed by atoms with E-state index in [0.29, 0.717) is 11.8 Å². The number of fused-ring (bicyclic) bond motifs is 2. The van der Waals surface area contributed by atoms with Crippen molar-refractivity contribution in [1.82, 2.24) is 10.6 Å². The zero-order valence-electron chi connectivity index (χ0n) is 10.1. The second-order valence-corrected chi connectivity index (χ2v) is 5.48. The van der Waals surface area contributed by atoms with E-state index in [1.54, 1.807) is 0 Å². The minimum absolute atomic E-state index is 0.0917. The lowest BCUT2D eigenvalue weighted by molar-refractivity contribution is 0.144. The van der Waals surface area contributed by atoms with Crippen molar-refractivity contribution in [3.05, 3.63) is 0 Å². The van der Waals surface area contributed by atoms with Crippen LogP contribution in [0.4, 0.5) is 4.79 Å². The highest BCUT2D eigenvalue weighted by molar-refractivity contribution is 5.74. The first-order valence-corrected chi connectivity index (χ1v) is 6.29. The number of amides is 2. The van der Waals surface area contributed by atoms with Gasteiger partial charge in [-0.2, -0.15) is 0 Å². The van der Waals surface area contributed by atoms with Gasteiger partial charge in [-0.1, -0.05) is 0 Å². The average Bonchev–Trinajstić information content (AvgIpc) is 2.76. The maximum atomic E-state index is 11.6. The number of hydrogen-bond acceptors (Lipinski definition) is 2. The lowest BCUT2D eigenvalue weighted by atomic mass is 9.85. The third-order valence-electron chi connectivity index (χ3n) is 4.02. The molecule has 2 fully saturated rings. The van der Waals surface area contributed by atoms with Crippen LogP contribution >= 0.6 is 0 Å². The van der Waals surface area contributed by atoms with Gasteiger partial charge < -0.3 is 15.7 Å². The van der Waals surface area contributed by atoms with E-state index >= 15 is 0 Å². The summed E-state index contributed by atoms with van der Waals surface area (Å²) in [7, 11) is 0. The molecule has 0 aromatic rings. The van der Waals surface area contributed by atoms with E-state index in [2.05, 4.69) is 10.6 Å². The molecule has 3 N–H and O–H groups in total. The molecule has 4 unspecified atom stereocenters. The summed E-state index contributed by atoms with van der Waals surface area (Å²) < 4.78 is 0. The predicted octanol–water partition coefficient (Wildman–Crippen LogP) is 1.10. The second kappa shape index (κ2) is 4.62. The summed E-state index contributed by atoms with van der Waals surface area (Å²) in [4.78, 5) is 11.6. The SMILES string of the molecule is CC(C)NC(=O)NC1C2CCC(C2)C1CO. The fraction of sp³-hybridized carbons (Fsp3) is 0.917. The number of carbonyl (C=O) groups excluding carboxylic acids is 1. The van der Waals surface area contributed by atoms with Crippen LogP contribution in [0.1, 0.15) is 33.1 Å². The minimum atomic E-state index is -0.0917. The normalized spacial score (nSPS) is 36.8. The van der Waals surface area contributed by atoms with Crippen molar-refractivity contribution < 1.29 is 9.90 Å². The van der Waals surface area contributed by atoms with Crippen LogP contribution in [0.15, 0.2) is 0 Å². The molecular formula is C12H22N2O2. The van der Waals surface area contributed by atoms with Gasteiger partial charge in [-0.15, -0.1) is 0 Å². The van der Waals surface area contributed by atoms with Gasteiger partial charge in [-0.05, 0) is 44.9 Å². The Bertz CT molecular complexity index is 268. The molecule has 0 heterocycles. The standard InChI is InChI=1S/C12H22N2O2/c1-7(2)13-12(16)14-11-9-4-3-8(5-9)10(11)6-15/h7-11,15H,3-6H2,1-2H3,(H2,13,14,16). The Labute approximate surface area is 96.8 Å². The van der Waals surface area contributed by atoms with Crippen LogP contribution in [-0.2, 0) is 0 Å². The minimum Gasteiger partial charge on any atom is -0.396 e. The molecule has 0 aliphatic heterocycles. The van der Waals surface area contributed by atoms with Gasteiger partial charge in [0.2, 0.25) is 0 Å². The molecule has 2 amide bonds. The first-order chi connectivity index (χ1) is 7.61. The molecule has 92 valence electrons. The topological polar surface area (TPSA) is 61.4 Å². The highest BCUT2D eigenvalue weighted by Crippen LogP contribution is 2.48. The highest BCUT2D eigenvalue weighted by Gasteiger charge is 2.47. The molecule has 2 aliphatic rings. The van der Waals surface area contributed by atoms with Crippen molar-refractivity contribution in [2.75, 3.05) is 6.61 Å². The second-order valence-electron chi connectivity index (χ2n) is 5.48. The van der Waals surface area contributed by atoms with Crippen LogP contribution in [0.25, 0.3) is 0 Å². The zero-order valence-corrected chi connectivity index (χ0v) is 10.1. The Morgan fingerprint density at radius 3 is 2.69 bits per heavy atom. The van der Waals surface area contributed by atoms with Gasteiger partial charge in [0, 0.05) is 24.6 Å². The summed E-state index contributed by atoms with van der Waals surface area (Å²) in [6.07, 6.45) is 3.60. The van der Waals surface area contributed by atoms with E-state index in [-0.39, 0.29) is 30.6 Å². The predicted molar refractivity (Wildman–Crippen MR) is 62.0 cm³/mol. The smallest absolute Gasteiger partial charge is 0.315 e. The first kappa shape index (κ1) is 11.7. The Balaban J connectivity index is 1.91. The number of carbonyl (C=O) groups is 1. The molecule has 2 rings (SSSR count). The molecule has 0 spiro atoms. The van der Waals surface area contributed by atoms with Gasteiger partial charge >= 0.3 is 6.03 Å². The van der Waals surface area contributed by atoms with E-state index in [1.807, 2.05) is 13.8 Å². The van der Waals surface area contributed by atoms with Gasteiger partial charge in [0.05, 0.1) is 0 Å². The summed E-state index contributed by atoms with van der Waals surface area (Å²) in [5.41, 5.74) is 0. The summed E-state index contributed by atoms with van der Waals surface area (Å²) in [5.74, 6) is 1.48. The molecule has 4 heteroatoms. The third-order valence-corrected chi connectivity index (χ3v) is 4.02. The van der Waals surface area contributed by atoms with Crippen LogP contribution in [-0.4, -0.2) is 29.8 Å². The largest absolute Gasteiger partial charge is 0.396 e. The molecule has 4 atom stereocenters. The Morgan fingerprint density at radius 2 is 2.06 bits per heavy atom. The molecule has 0 aromatic carbocycles. The fourth-order valence-corrected chi connectivity index (χ4v) is 3.35. The number of urea groups is 1. The number of rotatable bonds is 3. The van der Waals surface area contributed by atoms with Gasteiger partial charge in [0.25, 0.3) is 0 Å². The van der Waals surface area contributed by atoms with Gasteiger partial charge in [0.1, 0.15) is 0 Å². The Kier molecular flexibility index (Phi) is 3.38. The Hall–Kier alpha value is -0.770. The highest BCUT2D eigenvalue weighted by atomic mass is 16.3. The quantitative estimate of drug-likeness (QED) is 0.675. The van der Waals surface area contributed by atoms with Crippen molar-refractivity contribution in [2.45, 2.75) is 45.2 Å². The number of nitrogens with one attached hydrogen (secondary N) is 2. The summed E-state index contributed by atoms with van der Waals surface area (Å²) in [6.45, 7) is 4.10. The number of aliphatic hydroxyl groups is 1. The van der Waals surface area contributed by atoms with E-state index in [1.165, 1.54) is 19.3 Å². The zero-order chi connectivity index (χ0) is 11.7. The van der Waals surface area contributed by atoms with Gasteiger partial charge in [-0.3, -0.25) is 0 Å². The van der Waals surface area contributed by atoms with Gasteiger partial charge in [-0.25, -0.2) is 4.79 Å². The van der Waals surface area contributed by atoms with E-state index < -0.39 is 0 Å². The average molecular weight is 226 g/mol.